The molecule has 6 heteroatoms. The summed E-state index contributed by atoms with van der Waals surface area (Å²) in [6.45, 7) is 1.35. The Kier molecular flexibility index (Phi) is 4.35. The smallest absolute Gasteiger partial charge is 0.248 e. The van der Waals surface area contributed by atoms with Gasteiger partial charge in [-0.15, -0.1) is 0 Å². The lowest BCUT2D eigenvalue weighted by Crippen LogP contribution is -2.45. The van der Waals surface area contributed by atoms with Gasteiger partial charge in [-0.2, -0.15) is 0 Å². The first kappa shape index (κ1) is 15.6. The van der Waals surface area contributed by atoms with Crippen molar-refractivity contribution in [2.45, 2.75) is 43.6 Å². The second kappa shape index (κ2) is 5.56. The van der Waals surface area contributed by atoms with Gasteiger partial charge in [0.25, 0.3) is 0 Å². The molecule has 2 rings (SSSR count). The molecule has 1 aliphatic carbocycles. The number of halogens is 2. The highest BCUT2D eigenvalue weighted by Crippen LogP contribution is 2.37. The van der Waals surface area contributed by atoms with E-state index in [1.165, 1.54) is 0 Å². The molecule has 4 nitrogen and oxygen atoms in total. The summed E-state index contributed by atoms with van der Waals surface area (Å²) in [6, 6.07) is 0. The summed E-state index contributed by atoms with van der Waals surface area (Å²) in [4.78, 5) is 15.9. The van der Waals surface area contributed by atoms with Crippen LogP contribution in [0.25, 0.3) is 0 Å². The zero-order valence-corrected chi connectivity index (χ0v) is 12.2. The van der Waals surface area contributed by atoms with Crippen LogP contribution in [0.1, 0.15) is 32.1 Å². The molecular formula is C14H24F2N2O2. The zero-order valence-electron chi connectivity index (χ0n) is 12.2. The van der Waals surface area contributed by atoms with Crippen molar-refractivity contribution < 1.29 is 18.7 Å². The minimum atomic E-state index is -2.60. The maximum Gasteiger partial charge on any atom is 0.248 e. The first-order chi connectivity index (χ1) is 9.21. The number of hydrogen-bond donors (Lipinski definition) is 1. The molecule has 1 saturated carbocycles. The van der Waals surface area contributed by atoms with E-state index in [0.717, 1.165) is 0 Å². The van der Waals surface area contributed by atoms with Crippen LogP contribution in [0.2, 0.25) is 0 Å². The van der Waals surface area contributed by atoms with E-state index in [2.05, 4.69) is 0 Å². The second-order valence-electron chi connectivity index (χ2n) is 6.60. The first-order valence-electron chi connectivity index (χ1n) is 7.25. The number of nitrogens with zero attached hydrogens (tertiary/aromatic N) is 2. The van der Waals surface area contributed by atoms with Crippen LogP contribution >= 0.6 is 0 Å². The van der Waals surface area contributed by atoms with Crippen molar-refractivity contribution in [2.24, 2.45) is 5.92 Å². The van der Waals surface area contributed by atoms with Crippen LogP contribution in [-0.2, 0) is 4.79 Å². The molecule has 2 aliphatic rings. The predicted octanol–water partition coefficient (Wildman–Crippen LogP) is 1.34. The van der Waals surface area contributed by atoms with E-state index in [-0.39, 0.29) is 37.5 Å². The van der Waals surface area contributed by atoms with E-state index in [9.17, 15) is 18.7 Å². The number of amides is 1. The molecule has 0 aromatic rings. The molecule has 116 valence electrons. The van der Waals surface area contributed by atoms with Gasteiger partial charge >= 0.3 is 0 Å². The molecule has 2 fully saturated rings. The van der Waals surface area contributed by atoms with Crippen LogP contribution in [-0.4, -0.2) is 66.1 Å². The fraction of sp³-hybridized carbons (Fsp3) is 0.929. The summed E-state index contributed by atoms with van der Waals surface area (Å²) in [5.74, 6) is -2.96. The molecule has 1 aliphatic heterocycles. The Morgan fingerprint density at radius 1 is 1.30 bits per heavy atom. The van der Waals surface area contributed by atoms with Crippen LogP contribution in [0.3, 0.4) is 0 Å². The fourth-order valence-electron chi connectivity index (χ4n) is 3.31. The summed E-state index contributed by atoms with van der Waals surface area (Å²) < 4.78 is 26.2. The number of aliphatic hydroxyl groups is 1. The molecule has 1 amide bonds. The number of β-amino-alcohol motifs (C(OH)–C–C–N with tert-alkyl or cyclic N) is 1. The van der Waals surface area contributed by atoms with Crippen molar-refractivity contribution in [2.75, 3.05) is 33.7 Å². The van der Waals surface area contributed by atoms with Crippen molar-refractivity contribution in [3.63, 3.8) is 0 Å². The maximum atomic E-state index is 13.1. The van der Waals surface area contributed by atoms with E-state index in [4.69, 9.17) is 0 Å². The molecule has 1 heterocycles. The summed E-state index contributed by atoms with van der Waals surface area (Å²) in [5.41, 5.74) is -0.863. The largest absolute Gasteiger partial charge is 0.387 e. The minimum Gasteiger partial charge on any atom is -0.387 e. The molecule has 1 N–H and O–H groups in total. The standard InChI is InChI=1S/C14H24F2N2O2/c1-17(2)9-13(20)7-8-18(10-13)12(19)11-3-5-14(15,16)6-4-11/h11,20H,3-10H2,1-2H3/t13-/m0/s1. The molecule has 0 spiro atoms. The van der Waals surface area contributed by atoms with Gasteiger partial charge in [-0.3, -0.25) is 4.79 Å². The number of rotatable bonds is 3. The highest BCUT2D eigenvalue weighted by Gasteiger charge is 2.43. The van der Waals surface area contributed by atoms with Gasteiger partial charge in [0.15, 0.2) is 0 Å². The van der Waals surface area contributed by atoms with E-state index >= 15 is 0 Å². The van der Waals surface area contributed by atoms with Gasteiger partial charge < -0.3 is 14.9 Å². The number of alkyl halides is 2. The van der Waals surface area contributed by atoms with Crippen LogP contribution in [0, 0.1) is 5.92 Å². The van der Waals surface area contributed by atoms with Crippen molar-refractivity contribution in [1.29, 1.82) is 0 Å². The molecule has 0 bridgehead atoms. The quantitative estimate of drug-likeness (QED) is 0.853. The summed E-state index contributed by atoms with van der Waals surface area (Å²) >= 11 is 0. The fourth-order valence-corrected chi connectivity index (χ4v) is 3.31. The van der Waals surface area contributed by atoms with E-state index < -0.39 is 11.5 Å². The second-order valence-corrected chi connectivity index (χ2v) is 6.60. The normalized spacial score (nSPS) is 31.0. The van der Waals surface area contributed by atoms with Crippen LogP contribution in [0.15, 0.2) is 0 Å². The third kappa shape index (κ3) is 3.67. The van der Waals surface area contributed by atoms with E-state index in [1.54, 1.807) is 4.90 Å². The van der Waals surface area contributed by atoms with Gasteiger partial charge in [0.1, 0.15) is 0 Å². The van der Waals surface area contributed by atoms with Crippen molar-refractivity contribution in [3.8, 4) is 0 Å². The Hall–Kier alpha value is -0.750. The average Bonchev–Trinajstić information content (AvgIpc) is 2.69. The van der Waals surface area contributed by atoms with Crippen LogP contribution < -0.4 is 0 Å². The minimum absolute atomic E-state index is 0.0600. The summed E-state index contributed by atoms with van der Waals surface area (Å²) in [5, 5.41) is 10.4. The zero-order chi connectivity index (χ0) is 15.0. The number of carbonyl (C=O) groups excluding carboxylic acids is 1. The van der Waals surface area contributed by atoms with Gasteiger partial charge in [-0.25, -0.2) is 8.78 Å². The van der Waals surface area contributed by atoms with Crippen LogP contribution in [0.4, 0.5) is 8.78 Å². The molecule has 0 radical (unpaired) electrons. The third-order valence-electron chi connectivity index (χ3n) is 4.32. The highest BCUT2D eigenvalue weighted by atomic mass is 19.3. The molecular weight excluding hydrogens is 266 g/mol. The lowest BCUT2D eigenvalue weighted by molar-refractivity contribution is -0.139. The highest BCUT2D eigenvalue weighted by molar-refractivity contribution is 5.79. The van der Waals surface area contributed by atoms with Crippen molar-refractivity contribution in [1.82, 2.24) is 9.80 Å². The number of hydrogen-bond acceptors (Lipinski definition) is 3. The molecule has 0 aromatic carbocycles. The topological polar surface area (TPSA) is 43.8 Å². The van der Waals surface area contributed by atoms with Gasteiger partial charge in [0.05, 0.1) is 12.1 Å². The summed E-state index contributed by atoms with van der Waals surface area (Å²) in [6.07, 6.45) is 0.682. The van der Waals surface area contributed by atoms with Crippen molar-refractivity contribution in [3.05, 3.63) is 0 Å². The van der Waals surface area contributed by atoms with Crippen molar-refractivity contribution >= 4 is 5.91 Å². The Balaban J connectivity index is 1.89. The Morgan fingerprint density at radius 3 is 2.45 bits per heavy atom. The number of likely N-dealkylation sites (tertiary alicyclic amines) is 1. The monoisotopic (exact) mass is 290 g/mol. The molecule has 0 aromatic heterocycles. The van der Waals surface area contributed by atoms with Gasteiger partial charge in [0, 0.05) is 31.8 Å². The number of likely N-dealkylation sites (N-methyl/N-ethyl adjacent to an activating group) is 1. The molecule has 1 atom stereocenters. The Labute approximate surface area is 118 Å². The first-order valence-corrected chi connectivity index (χ1v) is 7.25. The maximum absolute atomic E-state index is 13.1. The third-order valence-corrected chi connectivity index (χ3v) is 4.32. The lowest BCUT2D eigenvalue weighted by Gasteiger charge is -2.31. The lowest BCUT2D eigenvalue weighted by atomic mass is 9.86. The average molecular weight is 290 g/mol. The van der Waals surface area contributed by atoms with Crippen LogP contribution in [0.5, 0.6) is 0 Å². The SMILES string of the molecule is CN(C)C[C@@]1(O)CCN(C(=O)C2CCC(F)(F)CC2)C1. The van der Waals surface area contributed by atoms with Gasteiger partial charge in [-0.05, 0) is 33.4 Å². The van der Waals surface area contributed by atoms with Gasteiger partial charge in [0.2, 0.25) is 11.8 Å². The summed E-state index contributed by atoms with van der Waals surface area (Å²) in [7, 11) is 3.76. The molecule has 0 unspecified atom stereocenters. The molecule has 20 heavy (non-hydrogen) atoms. The molecule has 1 saturated heterocycles. The van der Waals surface area contributed by atoms with Gasteiger partial charge in [-0.1, -0.05) is 0 Å². The Bertz CT molecular complexity index is 366. The van der Waals surface area contributed by atoms with E-state index in [0.29, 0.717) is 26.1 Å². The van der Waals surface area contributed by atoms with E-state index in [1.807, 2.05) is 19.0 Å². The Morgan fingerprint density at radius 2 is 1.90 bits per heavy atom. The number of carbonyl (C=O) groups is 1. The predicted molar refractivity (Wildman–Crippen MR) is 71.6 cm³/mol.